The molecule has 4 aromatic rings. The van der Waals surface area contributed by atoms with E-state index in [1.165, 1.54) is 35.9 Å². The highest BCUT2D eigenvalue weighted by Gasteiger charge is 2.55. The number of thiazole rings is 1. The molecule has 0 saturated carbocycles. The number of carboxylic acid groups (broad SMARTS) is 2. The zero-order valence-electron chi connectivity index (χ0n) is 29.0. The average Bonchev–Trinajstić information content (AvgIpc) is 3.74. The molecule has 2 aliphatic rings. The molecule has 5 heterocycles. The number of nitrogen functional groups attached to an aromatic ring is 1. The quantitative estimate of drug-likeness (QED) is 0.0243. The number of guanidine groups is 1. The van der Waals surface area contributed by atoms with Crippen molar-refractivity contribution in [1.29, 1.82) is 0 Å². The minimum atomic E-state index is -1.78. The first-order valence-electron chi connectivity index (χ1n) is 16.4. The lowest BCUT2D eigenvalue weighted by atomic mass is 10.0. The third-order valence-corrected chi connectivity index (χ3v) is 10.5. The molecule has 9 N–H and O–H groups in total. The van der Waals surface area contributed by atoms with Crippen LogP contribution in [-0.4, -0.2) is 96.0 Å². The van der Waals surface area contributed by atoms with E-state index in [1.807, 2.05) is 59.6 Å². The van der Waals surface area contributed by atoms with Gasteiger partial charge in [-0.3, -0.25) is 19.5 Å². The van der Waals surface area contributed by atoms with E-state index in [4.69, 9.17) is 26.8 Å². The minimum Gasteiger partial charge on any atom is -0.492 e. The van der Waals surface area contributed by atoms with Gasteiger partial charge in [0.15, 0.2) is 35.7 Å². The SMILES string of the molecule is CC(C)(O/N=C(\C(=O)N[C@H]1C(=O)N2C(C(=O)O)=C(C[n+]3ccc4c(ccn4Cc4ccc(OCCN=C(N)N)cc4)c3)CS[C@H]12)c1csc(N)n1)C(=O)O. The molecular formula is C34H37N10O8S2+. The zero-order valence-corrected chi connectivity index (χ0v) is 30.7. The Morgan fingerprint density at radius 1 is 1.15 bits per heavy atom. The van der Waals surface area contributed by atoms with Crippen LogP contribution < -0.4 is 31.8 Å². The van der Waals surface area contributed by atoms with Crippen LogP contribution in [0.1, 0.15) is 25.1 Å². The van der Waals surface area contributed by atoms with Gasteiger partial charge in [0.05, 0.1) is 17.4 Å². The number of carbonyl (C=O) groups excluding carboxylic acids is 2. The summed E-state index contributed by atoms with van der Waals surface area (Å²) in [6.07, 6.45) is 5.75. The molecule has 0 radical (unpaired) electrons. The number of oxime groups is 1. The van der Waals surface area contributed by atoms with E-state index in [0.29, 0.717) is 31.0 Å². The van der Waals surface area contributed by atoms with Gasteiger partial charge in [0.2, 0.25) is 5.60 Å². The summed E-state index contributed by atoms with van der Waals surface area (Å²) in [4.78, 5) is 65.2. The van der Waals surface area contributed by atoms with Crippen LogP contribution in [0.5, 0.6) is 5.75 Å². The molecule has 20 heteroatoms. The van der Waals surface area contributed by atoms with Crippen molar-refractivity contribution in [3.8, 4) is 5.75 Å². The molecule has 1 aromatic carbocycles. The molecule has 1 saturated heterocycles. The lowest BCUT2D eigenvalue weighted by Crippen LogP contribution is -2.71. The summed E-state index contributed by atoms with van der Waals surface area (Å²) < 4.78 is 9.63. The maximum atomic E-state index is 13.4. The van der Waals surface area contributed by atoms with E-state index in [1.54, 1.807) is 0 Å². The molecule has 3 aromatic heterocycles. The fourth-order valence-corrected chi connectivity index (χ4v) is 7.57. The number of thioether (sulfide) groups is 1. The van der Waals surface area contributed by atoms with Gasteiger partial charge in [-0.1, -0.05) is 17.3 Å². The topological polar surface area (TPSA) is 267 Å². The number of rotatable bonds is 15. The number of aliphatic imine (C=N–C) groups is 1. The Hall–Kier alpha value is -6.15. The predicted molar refractivity (Wildman–Crippen MR) is 199 cm³/mol. The zero-order chi connectivity index (χ0) is 38.7. The van der Waals surface area contributed by atoms with E-state index in [9.17, 15) is 29.4 Å². The molecule has 54 heavy (non-hydrogen) atoms. The first kappa shape index (κ1) is 37.6. The summed E-state index contributed by atoms with van der Waals surface area (Å²) in [5.41, 5.74) is 16.7. The molecule has 18 nitrogen and oxygen atoms in total. The number of carboxylic acids is 2. The van der Waals surface area contributed by atoms with Crippen molar-refractivity contribution in [3.63, 3.8) is 0 Å². The van der Waals surface area contributed by atoms with Gasteiger partial charge >= 0.3 is 11.9 Å². The number of amides is 2. The Bertz CT molecular complexity index is 2210. The van der Waals surface area contributed by atoms with Gasteiger partial charge in [-0.15, -0.1) is 23.1 Å². The van der Waals surface area contributed by atoms with Crippen molar-refractivity contribution in [2.24, 2.45) is 21.6 Å². The van der Waals surface area contributed by atoms with Crippen LogP contribution in [0.4, 0.5) is 5.13 Å². The van der Waals surface area contributed by atoms with E-state index in [-0.39, 0.29) is 40.5 Å². The number of pyridine rings is 1. The molecule has 282 valence electrons. The number of β-lactam (4-membered cyclic amide) rings is 1. The normalized spacial score (nSPS) is 17.1. The number of hydrogen-bond donors (Lipinski definition) is 6. The molecule has 6 rings (SSSR count). The second kappa shape index (κ2) is 15.4. The number of ether oxygens (including phenoxy) is 1. The van der Waals surface area contributed by atoms with Crippen molar-refractivity contribution in [2.45, 2.75) is 44.0 Å². The molecule has 0 bridgehead atoms. The number of benzene rings is 1. The maximum Gasteiger partial charge on any atom is 0.352 e. The Labute approximate surface area is 315 Å². The number of aromatic nitrogens is 3. The number of hydrogen-bond acceptors (Lipinski definition) is 12. The van der Waals surface area contributed by atoms with Crippen LogP contribution in [0.2, 0.25) is 0 Å². The number of nitrogens with one attached hydrogen (secondary N) is 1. The van der Waals surface area contributed by atoms with Gasteiger partial charge in [0.25, 0.3) is 11.8 Å². The molecule has 0 unspecified atom stereocenters. The molecular weight excluding hydrogens is 741 g/mol. The Balaban J connectivity index is 1.13. The lowest BCUT2D eigenvalue weighted by molar-refractivity contribution is -0.687. The number of nitrogens with two attached hydrogens (primary N) is 3. The minimum absolute atomic E-state index is 0.0179. The van der Waals surface area contributed by atoms with Crippen molar-refractivity contribution in [1.82, 2.24) is 19.8 Å². The van der Waals surface area contributed by atoms with Gasteiger partial charge in [0.1, 0.15) is 35.2 Å². The van der Waals surface area contributed by atoms with E-state index >= 15 is 0 Å². The van der Waals surface area contributed by atoms with Gasteiger partial charge in [0, 0.05) is 35.5 Å². The van der Waals surface area contributed by atoms with Crippen molar-refractivity contribution in [3.05, 3.63) is 82.9 Å². The Morgan fingerprint density at radius 2 is 1.91 bits per heavy atom. The van der Waals surface area contributed by atoms with Crippen molar-refractivity contribution < 1.29 is 43.5 Å². The second-order valence-electron chi connectivity index (χ2n) is 12.7. The Kier molecular flexibility index (Phi) is 10.8. The summed E-state index contributed by atoms with van der Waals surface area (Å²) in [5.74, 6) is -3.08. The van der Waals surface area contributed by atoms with Crippen LogP contribution in [-0.2, 0) is 37.1 Å². The van der Waals surface area contributed by atoms with Crippen LogP contribution >= 0.6 is 23.1 Å². The van der Waals surface area contributed by atoms with Crippen LogP contribution in [0, 0.1) is 0 Å². The molecule has 0 spiro atoms. The maximum absolute atomic E-state index is 13.4. The summed E-state index contributed by atoms with van der Waals surface area (Å²) in [6.45, 7) is 4.04. The third-order valence-electron chi connectivity index (χ3n) is 8.47. The molecule has 2 atom stereocenters. The summed E-state index contributed by atoms with van der Waals surface area (Å²) in [6, 6.07) is 10.6. The number of aliphatic carboxylic acids is 2. The largest absolute Gasteiger partial charge is 0.492 e. The smallest absolute Gasteiger partial charge is 0.352 e. The van der Waals surface area contributed by atoms with Gasteiger partial charge in [-0.2, -0.15) is 0 Å². The average molecular weight is 778 g/mol. The van der Waals surface area contributed by atoms with Gasteiger partial charge in [-0.25, -0.2) is 19.1 Å². The van der Waals surface area contributed by atoms with Crippen LogP contribution in [0.15, 0.2) is 81.8 Å². The highest BCUT2D eigenvalue weighted by Crippen LogP contribution is 2.40. The monoisotopic (exact) mass is 777 g/mol. The highest BCUT2D eigenvalue weighted by atomic mass is 32.2. The second-order valence-corrected chi connectivity index (χ2v) is 14.7. The molecule has 0 aliphatic carbocycles. The fourth-order valence-electron chi connectivity index (χ4n) is 5.69. The molecule has 2 aliphatic heterocycles. The van der Waals surface area contributed by atoms with E-state index < -0.39 is 40.8 Å². The van der Waals surface area contributed by atoms with Gasteiger partial charge < -0.3 is 46.9 Å². The first-order valence-corrected chi connectivity index (χ1v) is 18.3. The predicted octanol–water partition coefficient (Wildman–Crippen LogP) is 0.691. The molecule has 2 amide bonds. The number of carbonyl (C=O) groups is 4. The van der Waals surface area contributed by atoms with Crippen LogP contribution in [0.25, 0.3) is 10.9 Å². The fraction of sp³-hybridized carbons (Fsp3) is 0.294. The number of nitrogens with zero attached hydrogens (tertiary/aromatic N) is 6. The summed E-state index contributed by atoms with van der Waals surface area (Å²) in [7, 11) is 0. The van der Waals surface area contributed by atoms with Crippen molar-refractivity contribution >= 4 is 74.6 Å². The van der Waals surface area contributed by atoms with E-state index in [2.05, 4.69) is 25.0 Å². The molecule has 1 fully saturated rings. The van der Waals surface area contributed by atoms with Crippen LogP contribution in [0.3, 0.4) is 0 Å². The van der Waals surface area contributed by atoms with E-state index in [0.717, 1.165) is 27.8 Å². The van der Waals surface area contributed by atoms with Crippen molar-refractivity contribution in [2.75, 3.05) is 24.6 Å². The third kappa shape index (κ3) is 8.08. The number of fused-ring (bicyclic) bond motifs is 2. The van der Waals surface area contributed by atoms with Gasteiger partial charge in [-0.05, 0) is 37.6 Å². The lowest BCUT2D eigenvalue weighted by Gasteiger charge is -2.49. The first-order chi connectivity index (χ1) is 25.7. The standard InChI is InChI=1S/C34H36N10O8S2/c1-34(2,31(49)50)52-41-24(22-17-54-33(37)39-22)27(45)40-25-28(46)44-26(30(47)48)20(16-53-29(25)44)15-42-10-8-23-19(14-42)7-11-43(23)13-18-3-5-21(6-4-18)51-12-9-38-32(35)36/h3-8,10-11,14,17,25,29H,9,12-13,15-16H2,1-2H3,(H8-,35,36,37,38,39,40,45,47,48,49,50)/p+1/b41-24-/t25-,29+/m0/s1. The highest BCUT2D eigenvalue weighted by molar-refractivity contribution is 8.00. The Morgan fingerprint density at radius 3 is 2.57 bits per heavy atom. The number of anilines is 1. The summed E-state index contributed by atoms with van der Waals surface area (Å²) in [5, 5.41) is 27.8. The summed E-state index contributed by atoms with van der Waals surface area (Å²) >= 11 is 2.33.